The summed E-state index contributed by atoms with van der Waals surface area (Å²) in [6.45, 7) is 5.40. The quantitative estimate of drug-likeness (QED) is 0.433. The highest BCUT2D eigenvalue weighted by Gasteiger charge is 2.59. The number of aryl methyl sites for hydroxylation is 1. The van der Waals surface area contributed by atoms with Gasteiger partial charge < -0.3 is 4.74 Å². The van der Waals surface area contributed by atoms with Gasteiger partial charge in [0, 0.05) is 12.6 Å². The van der Waals surface area contributed by atoms with Gasteiger partial charge in [0.15, 0.2) is 0 Å². The molecule has 1 aromatic heterocycles. The number of fused-ring (bicyclic) bond motifs is 6. The van der Waals surface area contributed by atoms with Gasteiger partial charge in [0.25, 0.3) is 0 Å². The first-order valence-corrected chi connectivity index (χ1v) is 14.3. The van der Waals surface area contributed by atoms with Gasteiger partial charge in [-0.25, -0.2) is 9.97 Å². The Bertz CT molecular complexity index is 1040. The number of hydrogen-bond donors (Lipinski definition) is 0. The van der Waals surface area contributed by atoms with Crippen LogP contribution in [0.2, 0.25) is 0 Å². The summed E-state index contributed by atoms with van der Waals surface area (Å²) >= 11 is 0. The monoisotopic (exact) mass is 476 g/mol. The van der Waals surface area contributed by atoms with Crippen molar-refractivity contribution in [2.75, 3.05) is 7.11 Å². The molecule has 4 aliphatic rings. The standard InChI is InChI=1S/C31H44N2O.CH4/c1-30-18-5-4-8-21(30)13-15-23-25-16-14-22(31(25,2)19-17-26(23)30)9-6-12-29-32-20-24-27(33-29)10-7-11-28(24)34-3;/h7,10-11,20-23,25-26H,4-6,8-9,12-19H2,1-3H3;1H4. The van der Waals surface area contributed by atoms with E-state index in [2.05, 4.69) is 24.9 Å². The summed E-state index contributed by atoms with van der Waals surface area (Å²) in [4.78, 5) is 9.54. The highest BCUT2D eigenvalue weighted by atomic mass is 16.5. The van der Waals surface area contributed by atoms with E-state index in [-0.39, 0.29) is 7.43 Å². The number of aromatic nitrogens is 2. The molecule has 0 radical (unpaired) electrons. The average Bonchev–Trinajstić information content (AvgIpc) is 3.19. The third-order valence-corrected chi connectivity index (χ3v) is 11.6. The zero-order chi connectivity index (χ0) is 23.3. The van der Waals surface area contributed by atoms with Crippen molar-refractivity contribution >= 4 is 10.9 Å². The van der Waals surface area contributed by atoms with Gasteiger partial charge in [-0.15, -0.1) is 0 Å². The van der Waals surface area contributed by atoms with E-state index in [4.69, 9.17) is 9.72 Å². The van der Waals surface area contributed by atoms with E-state index in [0.717, 1.165) is 58.5 Å². The van der Waals surface area contributed by atoms with Crippen LogP contribution in [0.3, 0.4) is 0 Å². The van der Waals surface area contributed by atoms with Crippen molar-refractivity contribution in [1.82, 2.24) is 9.97 Å². The summed E-state index contributed by atoms with van der Waals surface area (Å²) in [6, 6.07) is 6.08. The minimum absolute atomic E-state index is 0. The van der Waals surface area contributed by atoms with Gasteiger partial charge in [0.05, 0.1) is 18.0 Å². The molecule has 35 heavy (non-hydrogen) atoms. The van der Waals surface area contributed by atoms with Crippen molar-refractivity contribution < 1.29 is 4.74 Å². The Hall–Kier alpha value is -1.64. The third kappa shape index (κ3) is 4.09. The molecule has 0 spiro atoms. The fraction of sp³-hybridized carbons (Fsp3) is 0.750. The van der Waals surface area contributed by atoms with E-state index < -0.39 is 0 Å². The molecule has 2 aromatic rings. The van der Waals surface area contributed by atoms with Crippen molar-refractivity contribution in [2.24, 2.45) is 40.4 Å². The predicted molar refractivity (Wildman–Crippen MR) is 146 cm³/mol. The number of rotatable bonds is 5. The molecule has 4 fully saturated rings. The first kappa shape index (κ1) is 25.0. The lowest BCUT2D eigenvalue weighted by atomic mass is 9.45. The number of hydrogen-bond acceptors (Lipinski definition) is 3. The molecule has 4 aliphatic carbocycles. The summed E-state index contributed by atoms with van der Waals surface area (Å²) in [7, 11) is 1.72. The first-order valence-electron chi connectivity index (χ1n) is 14.3. The van der Waals surface area contributed by atoms with E-state index in [1.165, 1.54) is 77.0 Å². The molecular formula is C32H48N2O. The van der Waals surface area contributed by atoms with E-state index >= 15 is 0 Å². The van der Waals surface area contributed by atoms with Crippen molar-refractivity contribution in [3.8, 4) is 5.75 Å². The lowest BCUT2D eigenvalue weighted by Gasteiger charge is -2.60. The largest absolute Gasteiger partial charge is 0.496 e. The van der Waals surface area contributed by atoms with Gasteiger partial charge in [0.1, 0.15) is 11.6 Å². The van der Waals surface area contributed by atoms with Crippen LogP contribution in [0.25, 0.3) is 10.9 Å². The molecular weight excluding hydrogens is 428 g/mol. The Balaban J connectivity index is 0.00000253. The van der Waals surface area contributed by atoms with Crippen molar-refractivity contribution in [3.63, 3.8) is 0 Å². The van der Waals surface area contributed by atoms with Crippen LogP contribution < -0.4 is 4.74 Å². The smallest absolute Gasteiger partial charge is 0.129 e. The molecule has 7 unspecified atom stereocenters. The van der Waals surface area contributed by atoms with E-state index in [9.17, 15) is 0 Å². The normalized spacial score (nSPS) is 38.2. The molecule has 6 rings (SSSR count). The molecule has 1 aromatic carbocycles. The van der Waals surface area contributed by atoms with E-state index in [0.29, 0.717) is 10.8 Å². The molecule has 4 saturated carbocycles. The van der Waals surface area contributed by atoms with Crippen LogP contribution >= 0.6 is 0 Å². The summed E-state index contributed by atoms with van der Waals surface area (Å²) < 4.78 is 5.47. The fourth-order valence-corrected chi connectivity index (χ4v) is 9.75. The second kappa shape index (κ2) is 9.67. The van der Waals surface area contributed by atoms with Crippen LogP contribution in [0.1, 0.15) is 104 Å². The van der Waals surface area contributed by atoms with E-state index in [1.54, 1.807) is 7.11 Å². The molecule has 0 saturated heterocycles. The minimum atomic E-state index is 0. The molecule has 0 bridgehead atoms. The minimum Gasteiger partial charge on any atom is -0.496 e. The lowest BCUT2D eigenvalue weighted by Crippen LogP contribution is -2.52. The molecule has 3 nitrogen and oxygen atoms in total. The summed E-state index contributed by atoms with van der Waals surface area (Å²) in [6.07, 6.45) is 20.6. The van der Waals surface area contributed by atoms with Crippen molar-refractivity contribution in [1.29, 1.82) is 0 Å². The fourth-order valence-electron chi connectivity index (χ4n) is 9.75. The second-order valence-electron chi connectivity index (χ2n) is 12.8. The summed E-state index contributed by atoms with van der Waals surface area (Å²) in [5, 5.41) is 1.01. The van der Waals surface area contributed by atoms with E-state index in [1.807, 2.05) is 18.3 Å². The molecule has 0 aliphatic heterocycles. The highest BCUT2D eigenvalue weighted by Crippen LogP contribution is 2.67. The summed E-state index contributed by atoms with van der Waals surface area (Å²) in [5.74, 6) is 6.81. The zero-order valence-corrected chi connectivity index (χ0v) is 21.7. The first-order chi connectivity index (χ1) is 16.5. The Kier molecular flexibility index (Phi) is 6.92. The predicted octanol–water partition coefficient (Wildman–Crippen LogP) is 8.65. The average molecular weight is 477 g/mol. The Labute approximate surface area is 213 Å². The topological polar surface area (TPSA) is 35.0 Å². The number of ether oxygens (including phenoxy) is 1. The van der Waals surface area contributed by atoms with Crippen LogP contribution in [0.4, 0.5) is 0 Å². The van der Waals surface area contributed by atoms with Crippen LogP contribution in [-0.4, -0.2) is 17.1 Å². The number of methoxy groups -OCH3 is 1. The van der Waals surface area contributed by atoms with Crippen molar-refractivity contribution in [2.45, 2.75) is 105 Å². The van der Waals surface area contributed by atoms with Crippen LogP contribution in [0.15, 0.2) is 24.4 Å². The van der Waals surface area contributed by atoms with Gasteiger partial charge in [-0.2, -0.15) is 0 Å². The molecule has 0 N–H and O–H groups in total. The van der Waals surface area contributed by atoms with Crippen LogP contribution in [-0.2, 0) is 6.42 Å². The van der Waals surface area contributed by atoms with Crippen LogP contribution in [0, 0.1) is 40.4 Å². The van der Waals surface area contributed by atoms with Gasteiger partial charge in [0.2, 0.25) is 0 Å². The van der Waals surface area contributed by atoms with Crippen LogP contribution in [0.5, 0.6) is 5.75 Å². The Morgan fingerprint density at radius 3 is 2.66 bits per heavy atom. The molecule has 1 heterocycles. The maximum Gasteiger partial charge on any atom is 0.129 e. The van der Waals surface area contributed by atoms with Gasteiger partial charge in [-0.3, -0.25) is 0 Å². The number of benzene rings is 1. The van der Waals surface area contributed by atoms with Crippen molar-refractivity contribution in [3.05, 3.63) is 30.2 Å². The lowest BCUT2D eigenvalue weighted by molar-refractivity contribution is -0.111. The Morgan fingerprint density at radius 2 is 1.80 bits per heavy atom. The SMILES string of the molecule is C.COc1cccc2nc(CCCC3CCC4C5CCC6CCCCC6(C)C5CCC34C)ncc12. The van der Waals surface area contributed by atoms with Gasteiger partial charge in [-0.1, -0.05) is 40.2 Å². The van der Waals surface area contributed by atoms with Gasteiger partial charge >= 0.3 is 0 Å². The second-order valence-corrected chi connectivity index (χ2v) is 12.8. The molecule has 7 atom stereocenters. The highest BCUT2D eigenvalue weighted by molar-refractivity contribution is 5.84. The third-order valence-electron chi connectivity index (χ3n) is 11.6. The summed E-state index contributed by atoms with van der Waals surface area (Å²) in [5.41, 5.74) is 2.25. The zero-order valence-electron chi connectivity index (χ0n) is 21.7. The molecule has 3 heteroatoms. The maximum atomic E-state index is 5.47. The Morgan fingerprint density at radius 1 is 0.943 bits per heavy atom. The van der Waals surface area contributed by atoms with Gasteiger partial charge in [-0.05, 0) is 117 Å². The number of nitrogens with zero attached hydrogens (tertiary/aromatic N) is 2. The molecule has 192 valence electrons. The maximum absolute atomic E-state index is 5.47. The molecule has 0 amide bonds.